The van der Waals surface area contributed by atoms with Crippen molar-refractivity contribution in [2.75, 3.05) is 32.3 Å². The second kappa shape index (κ2) is 5.92. The van der Waals surface area contributed by atoms with E-state index in [2.05, 4.69) is 20.8 Å². The summed E-state index contributed by atoms with van der Waals surface area (Å²) in [5, 5.41) is 0. The van der Waals surface area contributed by atoms with Crippen molar-refractivity contribution in [2.24, 2.45) is 0 Å². The molecule has 0 aromatic heterocycles. The van der Waals surface area contributed by atoms with E-state index in [0.29, 0.717) is 5.56 Å². The van der Waals surface area contributed by atoms with E-state index < -0.39 is 0 Å². The molecule has 0 radical (unpaired) electrons. The monoisotopic (exact) mass is 327 g/mol. The maximum absolute atomic E-state index is 11.8. The summed E-state index contributed by atoms with van der Waals surface area (Å²) >= 11 is 3.80. The Labute approximate surface area is 121 Å². The molecule has 1 aromatic carbocycles. The zero-order valence-corrected chi connectivity index (χ0v) is 12.8. The minimum absolute atomic E-state index is 0.171. The van der Waals surface area contributed by atoms with Crippen LogP contribution in [0.5, 0.6) is 0 Å². The number of anilines is 1. The molecule has 0 saturated carbocycles. The van der Waals surface area contributed by atoms with Crippen molar-refractivity contribution < 1.29 is 14.3 Å². The molecule has 0 spiro atoms. The van der Waals surface area contributed by atoms with E-state index in [9.17, 15) is 4.79 Å². The predicted octanol–water partition coefficient (Wildman–Crippen LogP) is 2.81. The largest absolute Gasteiger partial charge is 0.465 e. The molecule has 1 aromatic rings. The van der Waals surface area contributed by atoms with Gasteiger partial charge in [-0.05, 0) is 12.1 Å². The first-order chi connectivity index (χ1) is 9.08. The topological polar surface area (TPSA) is 38.8 Å². The lowest BCUT2D eigenvalue weighted by molar-refractivity contribution is 0.0600. The van der Waals surface area contributed by atoms with Crippen LogP contribution in [0, 0.1) is 0 Å². The maximum Gasteiger partial charge on any atom is 0.339 e. The number of ether oxygens (including phenoxy) is 2. The third-order valence-corrected chi connectivity index (χ3v) is 4.86. The number of rotatable bonds is 3. The van der Waals surface area contributed by atoms with Gasteiger partial charge >= 0.3 is 5.97 Å². The molecule has 1 heterocycles. The number of para-hydroxylation sites is 1. The third kappa shape index (κ3) is 2.92. The zero-order chi connectivity index (χ0) is 13.9. The molecule has 5 heteroatoms. The van der Waals surface area contributed by atoms with Crippen molar-refractivity contribution in [1.82, 2.24) is 0 Å². The van der Waals surface area contributed by atoms with Crippen LogP contribution >= 0.6 is 15.9 Å². The molecule has 0 atom stereocenters. The summed E-state index contributed by atoms with van der Waals surface area (Å²) in [7, 11) is 3.39. The van der Waals surface area contributed by atoms with Gasteiger partial charge in [0.1, 0.15) is 0 Å². The van der Waals surface area contributed by atoms with E-state index in [4.69, 9.17) is 9.47 Å². The number of alkyl halides is 1. The highest BCUT2D eigenvalue weighted by atomic mass is 79.9. The first-order valence-corrected chi connectivity index (χ1v) is 7.05. The summed E-state index contributed by atoms with van der Waals surface area (Å²) in [5.74, 6) is -0.314. The first-order valence-electron chi connectivity index (χ1n) is 6.26. The van der Waals surface area contributed by atoms with E-state index in [1.54, 1.807) is 6.07 Å². The Balaban J connectivity index is 2.32. The molecule has 1 fully saturated rings. The van der Waals surface area contributed by atoms with Crippen LogP contribution in [0.2, 0.25) is 0 Å². The van der Waals surface area contributed by atoms with Crippen molar-refractivity contribution in [3.05, 3.63) is 29.8 Å². The average Bonchev–Trinajstić information content (AvgIpc) is 2.46. The van der Waals surface area contributed by atoms with Gasteiger partial charge in [0.2, 0.25) is 0 Å². The lowest BCUT2D eigenvalue weighted by atomic mass is 10.0. The summed E-state index contributed by atoms with van der Waals surface area (Å²) in [6.45, 7) is 1.44. The Hall–Kier alpha value is -1.07. The van der Waals surface area contributed by atoms with Gasteiger partial charge in [0.15, 0.2) is 0 Å². The van der Waals surface area contributed by atoms with Crippen molar-refractivity contribution in [3.8, 4) is 0 Å². The molecule has 19 heavy (non-hydrogen) atoms. The van der Waals surface area contributed by atoms with E-state index >= 15 is 0 Å². The molecule has 1 aliphatic rings. The number of nitrogens with zero attached hydrogens (tertiary/aromatic N) is 1. The zero-order valence-electron chi connectivity index (χ0n) is 11.2. The van der Waals surface area contributed by atoms with Gasteiger partial charge in [-0.15, -0.1) is 0 Å². The average molecular weight is 328 g/mol. The molecule has 0 unspecified atom stereocenters. The molecule has 2 rings (SSSR count). The summed E-state index contributed by atoms with van der Waals surface area (Å²) in [5.41, 5.74) is 1.45. The van der Waals surface area contributed by atoms with E-state index in [-0.39, 0.29) is 10.4 Å². The fourth-order valence-corrected chi connectivity index (χ4v) is 2.80. The van der Waals surface area contributed by atoms with Crippen LogP contribution in [-0.2, 0) is 9.47 Å². The molecular weight excluding hydrogens is 310 g/mol. The summed E-state index contributed by atoms with van der Waals surface area (Å²) in [6, 6.07) is 7.49. The van der Waals surface area contributed by atoms with Gasteiger partial charge in [-0.3, -0.25) is 0 Å². The highest BCUT2D eigenvalue weighted by molar-refractivity contribution is 9.10. The molecule has 0 bridgehead atoms. The number of hydrogen-bond acceptors (Lipinski definition) is 4. The second-order valence-electron chi connectivity index (χ2n) is 4.60. The Morgan fingerprint density at radius 1 is 1.37 bits per heavy atom. The van der Waals surface area contributed by atoms with Crippen LogP contribution in [0.3, 0.4) is 0 Å². The standard InChI is InChI=1S/C14H18BrNO3/c1-16(14(15)7-9-19-10-8-14)12-6-4-3-5-11(12)13(17)18-2/h3-6H,7-10H2,1-2H3. The van der Waals surface area contributed by atoms with Gasteiger partial charge in [-0.1, -0.05) is 28.1 Å². The van der Waals surface area contributed by atoms with Crippen molar-refractivity contribution in [2.45, 2.75) is 17.3 Å². The van der Waals surface area contributed by atoms with Gasteiger partial charge < -0.3 is 14.4 Å². The molecule has 104 valence electrons. The highest BCUT2D eigenvalue weighted by Gasteiger charge is 2.35. The molecular formula is C14H18BrNO3. The Morgan fingerprint density at radius 3 is 2.63 bits per heavy atom. The van der Waals surface area contributed by atoms with Gasteiger partial charge in [-0.2, -0.15) is 0 Å². The van der Waals surface area contributed by atoms with Crippen LogP contribution in [-0.4, -0.2) is 37.8 Å². The molecule has 0 amide bonds. The number of methoxy groups -OCH3 is 1. The van der Waals surface area contributed by atoms with Crippen LogP contribution in [0.1, 0.15) is 23.2 Å². The number of esters is 1. The van der Waals surface area contributed by atoms with E-state index in [1.165, 1.54) is 7.11 Å². The number of carbonyl (C=O) groups excluding carboxylic acids is 1. The predicted molar refractivity (Wildman–Crippen MR) is 77.9 cm³/mol. The molecule has 4 nitrogen and oxygen atoms in total. The molecule has 1 aliphatic heterocycles. The van der Waals surface area contributed by atoms with Crippen molar-refractivity contribution in [3.63, 3.8) is 0 Å². The SMILES string of the molecule is COC(=O)c1ccccc1N(C)C1(Br)CCOCC1. The van der Waals surface area contributed by atoms with Crippen LogP contribution < -0.4 is 4.90 Å². The number of benzene rings is 1. The van der Waals surface area contributed by atoms with E-state index in [1.807, 2.05) is 25.2 Å². The van der Waals surface area contributed by atoms with Gasteiger partial charge in [0.05, 0.1) is 22.8 Å². The van der Waals surface area contributed by atoms with E-state index in [0.717, 1.165) is 31.7 Å². The fourth-order valence-electron chi connectivity index (χ4n) is 2.28. The lowest BCUT2D eigenvalue weighted by Gasteiger charge is -2.41. The quantitative estimate of drug-likeness (QED) is 0.486. The number of halogens is 1. The van der Waals surface area contributed by atoms with Gasteiger partial charge in [0, 0.05) is 33.1 Å². The highest BCUT2D eigenvalue weighted by Crippen LogP contribution is 2.37. The first kappa shape index (κ1) is 14.3. The lowest BCUT2D eigenvalue weighted by Crippen LogP contribution is -2.46. The molecule has 0 aliphatic carbocycles. The minimum Gasteiger partial charge on any atom is -0.465 e. The molecule has 1 saturated heterocycles. The number of hydrogen-bond donors (Lipinski definition) is 0. The Kier molecular flexibility index (Phi) is 4.47. The normalized spacial score (nSPS) is 17.8. The second-order valence-corrected chi connectivity index (χ2v) is 6.07. The van der Waals surface area contributed by atoms with Gasteiger partial charge in [-0.25, -0.2) is 4.79 Å². The van der Waals surface area contributed by atoms with Crippen molar-refractivity contribution in [1.29, 1.82) is 0 Å². The summed E-state index contributed by atoms with van der Waals surface area (Å²) in [4.78, 5) is 13.9. The summed E-state index contributed by atoms with van der Waals surface area (Å²) < 4.78 is 10.1. The van der Waals surface area contributed by atoms with Gasteiger partial charge in [0.25, 0.3) is 0 Å². The Bertz CT molecular complexity index is 458. The summed E-state index contributed by atoms with van der Waals surface area (Å²) in [6.07, 6.45) is 1.75. The van der Waals surface area contributed by atoms with Crippen LogP contribution in [0.25, 0.3) is 0 Å². The fraction of sp³-hybridized carbons (Fsp3) is 0.500. The third-order valence-electron chi connectivity index (χ3n) is 3.53. The Morgan fingerprint density at radius 2 is 2.00 bits per heavy atom. The maximum atomic E-state index is 11.8. The van der Waals surface area contributed by atoms with Crippen LogP contribution in [0.15, 0.2) is 24.3 Å². The smallest absolute Gasteiger partial charge is 0.339 e. The minimum atomic E-state index is -0.314. The van der Waals surface area contributed by atoms with Crippen LogP contribution in [0.4, 0.5) is 5.69 Å². The van der Waals surface area contributed by atoms with Crippen molar-refractivity contribution >= 4 is 27.6 Å². The molecule has 0 N–H and O–H groups in total. The number of carbonyl (C=O) groups is 1.